The fourth-order valence-electron chi connectivity index (χ4n) is 4.20. The lowest BCUT2D eigenvalue weighted by Crippen LogP contribution is -2.53. The smallest absolute Gasteiger partial charge is 0.414 e. The van der Waals surface area contributed by atoms with E-state index in [9.17, 15) is 9.59 Å². The molecule has 5 rings (SSSR count). The number of benzene rings is 2. The van der Waals surface area contributed by atoms with E-state index in [2.05, 4.69) is 4.90 Å². The van der Waals surface area contributed by atoms with Crippen molar-refractivity contribution in [2.24, 2.45) is 5.92 Å². The molecule has 3 saturated heterocycles. The molecule has 1 unspecified atom stereocenters. The molecule has 1 atom stereocenters. The third kappa shape index (κ3) is 4.43. The molecule has 3 heterocycles. The summed E-state index contributed by atoms with van der Waals surface area (Å²) in [5.41, 5.74) is 2.06. The first-order chi connectivity index (χ1) is 14.1. The number of para-hydroxylation sites is 1. The van der Waals surface area contributed by atoms with Crippen molar-refractivity contribution in [2.45, 2.75) is 25.5 Å². The Hall–Kier alpha value is -2.86. The van der Waals surface area contributed by atoms with Crippen molar-refractivity contribution < 1.29 is 19.1 Å². The van der Waals surface area contributed by atoms with Crippen LogP contribution in [0.4, 0.5) is 10.5 Å². The van der Waals surface area contributed by atoms with Gasteiger partial charge in [-0.25, -0.2) is 9.59 Å². The maximum Gasteiger partial charge on any atom is 0.414 e. The molecule has 6 nitrogen and oxygen atoms in total. The highest BCUT2D eigenvalue weighted by molar-refractivity contribution is 5.90. The van der Waals surface area contributed by atoms with Gasteiger partial charge in [0.15, 0.2) is 0 Å². The van der Waals surface area contributed by atoms with E-state index in [0.29, 0.717) is 18.0 Å². The van der Waals surface area contributed by atoms with E-state index in [-0.39, 0.29) is 12.2 Å². The first kappa shape index (κ1) is 19.5. The van der Waals surface area contributed by atoms with Crippen LogP contribution in [0.3, 0.4) is 0 Å². The normalized spacial score (nSPS) is 22.7. The molecule has 0 aromatic heterocycles. The van der Waals surface area contributed by atoms with Gasteiger partial charge in [-0.05, 0) is 61.7 Å². The Morgan fingerprint density at radius 1 is 1.07 bits per heavy atom. The minimum absolute atomic E-state index is 0.0578. The van der Waals surface area contributed by atoms with Gasteiger partial charge in [0, 0.05) is 12.2 Å². The van der Waals surface area contributed by atoms with Crippen LogP contribution in [0.1, 0.15) is 28.8 Å². The van der Waals surface area contributed by atoms with Crippen LogP contribution in [0.15, 0.2) is 54.6 Å². The quantitative estimate of drug-likeness (QED) is 0.724. The highest BCUT2D eigenvalue weighted by Gasteiger charge is 2.37. The van der Waals surface area contributed by atoms with Crippen molar-refractivity contribution in [3.8, 4) is 0 Å². The zero-order valence-electron chi connectivity index (χ0n) is 16.6. The molecule has 29 heavy (non-hydrogen) atoms. The number of anilines is 1. The zero-order valence-corrected chi connectivity index (χ0v) is 16.6. The van der Waals surface area contributed by atoms with Crippen LogP contribution < -0.4 is 4.90 Å². The van der Waals surface area contributed by atoms with Gasteiger partial charge in [-0.2, -0.15) is 0 Å². The maximum atomic E-state index is 13.2. The van der Waals surface area contributed by atoms with Gasteiger partial charge in [0.1, 0.15) is 6.10 Å². The van der Waals surface area contributed by atoms with Gasteiger partial charge in [0.2, 0.25) is 0 Å². The lowest BCUT2D eigenvalue weighted by Gasteiger charge is -2.44. The van der Waals surface area contributed by atoms with Crippen molar-refractivity contribution in [3.63, 3.8) is 0 Å². The highest BCUT2D eigenvalue weighted by atomic mass is 16.6. The van der Waals surface area contributed by atoms with Crippen LogP contribution >= 0.6 is 0 Å². The van der Waals surface area contributed by atoms with Gasteiger partial charge in [-0.15, -0.1) is 0 Å². The fraction of sp³-hybridized carbons (Fsp3) is 0.391. The molecular formula is C23H26N2O4. The second-order valence-corrected chi connectivity index (χ2v) is 7.67. The van der Waals surface area contributed by atoms with Gasteiger partial charge in [0.25, 0.3) is 0 Å². The number of hydrogen-bond acceptors (Lipinski definition) is 5. The third-order valence-corrected chi connectivity index (χ3v) is 5.83. The van der Waals surface area contributed by atoms with E-state index in [1.54, 1.807) is 23.1 Å². The molecule has 0 radical (unpaired) electrons. The zero-order chi connectivity index (χ0) is 20.2. The topological polar surface area (TPSA) is 59.1 Å². The van der Waals surface area contributed by atoms with Crippen molar-refractivity contribution in [1.82, 2.24) is 4.90 Å². The largest absolute Gasteiger partial charge is 0.465 e. The molecule has 6 heteroatoms. The first-order valence-electron chi connectivity index (χ1n) is 10.1. The number of ether oxygens (including phenoxy) is 2. The summed E-state index contributed by atoms with van der Waals surface area (Å²) in [6.07, 6.45) is 1.77. The number of fused-ring (bicyclic) bond motifs is 3. The molecule has 0 N–H and O–H groups in total. The van der Waals surface area contributed by atoms with Gasteiger partial charge in [0.05, 0.1) is 19.2 Å². The van der Waals surface area contributed by atoms with Gasteiger partial charge >= 0.3 is 12.1 Å². The van der Waals surface area contributed by atoms with Crippen LogP contribution in [0.25, 0.3) is 0 Å². The Kier molecular flexibility index (Phi) is 5.81. The molecule has 0 spiro atoms. The molecule has 0 aliphatic carbocycles. The Morgan fingerprint density at radius 2 is 1.83 bits per heavy atom. The lowest BCUT2D eigenvalue weighted by molar-refractivity contribution is -0.0311. The van der Waals surface area contributed by atoms with Crippen LogP contribution in [0, 0.1) is 5.92 Å². The van der Waals surface area contributed by atoms with Crippen molar-refractivity contribution in [3.05, 3.63) is 65.7 Å². The summed E-state index contributed by atoms with van der Waals surface area (Å²) in [5.74, 6) is 0.0530. The number of amides is 1. The molecule has 3 fully saturated rings. The number of esters is 1. The minimum Gasteiger partial charge on any atom is -0.465 e. The molecule has 0 saturated carbocycles. The van der Waals surface area contributed by atoms with Crippen LogP contribution in [0.2, 0.25) is 0 Å². The summed E-state index contributed by atoms with van der Waals surface area (Å²) >= 11 is 0. The monoisotopic (exact) mass is 394 g/mol. The number of carbonyl (C=O) groups excluding carboxylic acids is 2. The number of methoxy groups -OCH3 is 1. The molecule has 2 aromatic rings. The maximum absolute atomic E-state index is 13.2. The second-order valence-electron chi connectivity index (χ2n) is 7.67. The Labute approximate surface area is 171 Å². The highest BCUT2D eigenvalue weighted by Crippen LogP contribution is 2.30. The van der Waals surface area contributed by atoms with Gasteiger partial charge in [-0.3, -0.25) is 9.80 Å². The summed E-state index contributed by atoms with van der Waals surface area (Å²) in [5, 5.41) is 0. The summed E-state index contributed by atoms with van der Waals surface area (Å²) in [6, 6.07) is 16.6. The van der Waals surface area contributed by atoms with Crippen LogP contribution in [0.5, 0.6) is 0 Å². The average Bonchev–Trinajstić information content (AvgIpc) is 2.78. The number of piperidine rings is 3. The Morgan fingerprint density at radius 3 is 2.48 bits per heavy atom. The van der Waals surface area contributed by atoms with Crippen molar-refractivity contribution in [2.75, 3.05) is 31.6 Å². The third-order valence-electron chi connectivity index (χ3n) is 5.83. The van der Waals surface area contributed by atoms with Gasteiger partial charge < -0.3 is 9.47 Å². The number of nitrogens with zero attached hydrogens (tertiary/aromatic N) is 2. The van der Waals surface area contributed by atoms with E-state index < -0.39 is 5.97 Å². The summed E-state index contributed by atoms with van der Waals surface area (Å²) in [4.78, 5) is 29.0. The second kappa shape index (κ2) is 8.66. The Balaban J connectivity index is 1.54. The summed E-state index contributed by atoms with van der Waals surface area (Å²) < 4.78 is 10.8. The molecule has 3 aliphatic rings. The SMILES string of the molecule is COC(=O)c1cccc(CN(C(=O)OC2CN3CCC2CC3)c2ccccc2)c1. The number of carbonyl (C=O) groups is 2. The average molecular weight is 394 g/mol. The summed E-state index contributed by atoms with van der Waals surface area (Å²) in [7, 11) is 1.36. The summed E-state index contributed by atoms with van der Waals surface area (Å²) in [6.45, 7) is 3.33. The molecule has 2 aromatic carbocycles. The Bertz CT molecular complexity index is 862. The van der Waals surface area contributed by atoms with E-state index in [4.69, 9.17) is 9.47 Å². The molecule has 3 aliphatic heterocycles. The number of hydrogen-bond donors (Lipinski definition) is 0. The van der Waals surface area contributed by atoms with Crippen molar-refractivity contribution in [1.29, 1.82) is 0 Å². The molecule has 2 bridgehead atoms. The molecule has 1 amide bonds. The van der Waals surface area contributed by atoms with Gasteiger partial charge in [-0.1, -0.05) is 30.3 Å². The van der Waals surface area contributed by atoms with E-state index >= 15 is 0 Å². The predicted molar refractivity (Wildman–Crippen MR) is 110 cm³/mol. The fourth-order valence-corrected chi connectivity index (χ4v) is 4.20. The lowest BCUT2D eigenvalue weighted by atomic mass is 9.86. The molecular weight excluding hydrogens is 368 g/mol. The van der Waals surface area contributed by atoms with E-state index in [0.717, 1.165) is 43.7 Å². The van der Waals surface area contributed by atoms with Crippen LogP contribution in [-0.2, 0) is 16.0 Å². The minimum atomic E-state index is -0.395. The van der Waals surface area contributed by atoms with Crippen LogP contribution in [-0.4, -0.2) is 49.8 Å². The predicted octanol–water partition coefficient (Wildman–Crippen LogP) is 3.71. The first-order valence-corrected chi connectivity index (χ1v) is 10.1. The standard InChI is InChI=1S/C23H26N2O4/c1-28-22(26)19-7-5-6-17(14-19)15-25(20-8-3-2-4-9-20)23(27)29-21-16-24-12-10-18(21)11-13-24/h2-9,14,18,21H,10-13,15-16H2,1H3. The van der Waals surface area contributed by atoms with E-state index in [1.807, 2.05) is 36.4 Å². The van der Waals surface area contributed by atoms with E-state index in [1.165, 1.54) is 7.11 Å². The molecule has 152 valence electrons. The number of rotatable bonds is 5. The van der Waals surface area contributed by atoms with Crippen molar-refractivity contribution >= 4 is 17.7 Å².